The summed E-state index contributed by atoms with van der Waals surface area (Å²) in [5.74, 6) is -0.381. The first-order valence-corrected chi connectivity index (χ1v) is 6.29. The second-order valence-corrected chi connectivity index (χ2v) is 4.33. The molecule has 1 N–H and O–H groups in total. The maximum Gasteiger partial charge on any atom is 0.124 e. The van der Waals surface area contributed by atoms with Gasteiger partial charge in [-0.15, -0.1) is 0 Å². The smallest absolute Gasteiger partial charge is 0.124 e. The summed E-state index contributed by atoms with van der Waals surface area (Å²) < 4.78 is 13.0. The third-order valence-corrected chi connectivity index (χ3v) is 2.93. The fourth-order valence-corrected chi connectivity index (χ4v) is 1.92. The molecule has 0 fully saturated rings. The molecule has 98 valence electrons. The molecule has 0 aliphatic heterocycles. The van der Waals surface area contributed by atoms with E-state index in [0.29, 0.717) is 11.3 Å². The van der Waals surface area contributed by atoms with Gasteiger partial charge in [-0.3, -0.25) is 0 Å². The largest absolute Gasteiger partial charge is 0.380 e. The van der Waals surface area contributed by atoms with Crippen LogP contribution in [0.5, 0.6) is 0 Å². The van der Waals surface area contributed by atoms with Crippen LogP contribution in [0.4, 0.5) is 10.1 Å². The lowest BCUT2D eigenvalue weighted by Gasteiger charge is -2.24. The van der Waals surface area contributed by atoms with Gasteiger partial charge in [0.15, 0.2) is 0 Å². The standard InChI is InChI=1S/C14H20FN3/c1-4-18(5-2)10-11(3)17-14-7-6-13(15)8-12(14)9-16/h6-8,11,17H,4-5,10H2,1-3H3. The van der Waals surface area contributed by atoms with Crippen molar-refractivity contribution in [3.63, 3.8) is 0 Å². The zero-order valence-electron chi connectivity index (χ0n) is 11.2. The van der Waals surface area contributed by atoms with E-state index in [0.717, 1.165) is 19.6 Å². The Morgan fingerprint density at radius 2 is 2.06 bits per heavy atom. The van der Waals surface area contributed by atoms with Crippen molar-refractivity contribution >= 4 is 5.69 Å². The summed E-state index contributed by atoms with van der Waals surface area (Å²) in [5.41, 5.74) is 1.04. The van der Waals surface area contributed by atoms with E-state index in [1.165, 1.54) is 12.1 Å². The first-order valence-electron chi connectivity index (χ1n) is 6.29. The summed E-state index contributed by atoms with van der Waals surface area (Å²) >= 11 is 0. The first-order chi connectivity index (χ1) is 8.60. The highest BCUT2D eigenvalue weighted by molar-refractivity contribution is 5.57. The molecule has 1 aromatic rings. The molecule has 0 amide bonds. The van der Waals surface area contributed by atoms with Crippen LogP contribution in [0.3, 0.4) is 0 Å². The summed E-state index contributed by atoms with van der Waals surface area (Å²) in [4.78, 5) is 2.30. The normalized spacial score (nSPS) is 12.2. The first kappa shape index (κ1) is 14.5. The van der Waals surface area contributed by atoms with Gasteiger partial charge in [-0.1, -0.05) is 13.8 Å². The molecule has 0 saturated heterocycles. The van der Waals surface area contributed by atoms with E-state index in [2.05, 4.69) is 31.0 Å². The van der Waals surface area contributed by atoms with Crippen LogP contribution in [0.25, 0.3) is 0 Å². The zero-order chi connectivity index (χ0) is 13.5. The fraction of sp³-hybridized carbons (Fsp3) is 0.500. The second kappa shape index (κ2) is 6.97. The number of nitrogens with one attached hydrogen (secondary N) is 1. The van der Waals surface area contributed by atoms with Gasteiger partial charge < -0.3 is 10.2 Å². The molecule has 0 saturated carbocycles. The summed E-state index contributed by atoms with van der Waals surface area (Å²) in [7, 11) is 0. The average molecular weight is 249 g/mol. The van der Waals surface area contributed by atoms with Gasteiger partial charge in [-0.25, -0.2) is 4.39 Å². The number of hydrogen-bond donors (Lipinski definition) is 1. The molecule has 1 rings (SSSR count). The lowest BCUT2D eigenvalue weighted by Crippen LogP contribution is -2.34. The quantitative estimate of drug-likeness (QED) is 0.842. The predicted octanol–water partition coefficient (Wildman–Crippen LogP) is 2.84. The third-order valence-electron chi connectivity index (χ3n) is 2.93. The summed E-state index contributed by atoms with van der Waals surface area (Å²) in [6.45, 7) is 9.19. The number of halogens is 1. The van der Waals surface area contributed by atoms with Crippen LogP contribution in [0, 0.1) is 17.1 Å². The van der Waals surface area contributed by atoms with Gasteiger partial charge in [0.2, 0.25) is 0 Å². The lowest BCUT2D eigenvalue weighted by atomic mass is 10.1. The van der Waals surface area contributed by atoms with Gasteiger partial charge in [0.25, 0.3) is 0 Å². The van der Waals surface area contributed by atoms with Crippen LogP contribution in [0.15, 0.2) is 18.2 Å². The summed E-state index contributed by atoms with van der Waals surface area (Å²) in [6, 6.07) is 6.46. The molecule has 0 aromatic heterocycles. The molecule has 1 aromatic carbocycles. The molecular weight excluding hydrogens is 229 g/mol. The van der Waals surface area contributed by atoms with Gasteiger partial charge >= 0.3 is 0 Å². The van der Waals surface area contributed by atoms with Crippen molar-refractivity contribution in [1.82, 2.24) is 4.90 Å². The van der Waals surface area contributed by atoms with Gasteiger partial charge in [-0.05, 0) is 38.2 Å². The third kappa shape index (κ3) is 4.01. The highest BCUT2D eigenvalue weighted by Gasteiger charge is 2.10. The molecule has 1 unspecified atom stereocenters. The lowest BCUT2D eigenvalue weighted by molar-refractivity contribution is 0.295. The van der Waals surface area contributed by atoms with Crippen molar-refractivity contribution in [2.75, 3.05) is 25.0 Å². The zero-order valence-corrected chi connectivity index (χ0v) is 11.2. The molecule has 0 aliphatic carbocycles. The minimum atomic E-state index is -0.381. The molecule has 0 spiro atoms. The predicted molar refractivity (Wildman–Crippen MR) is 72.0 cm³/mol. The molecule has 0 aliphatic rings. The van der Waals surface area contributed by atoms with E-state index >= 15 is 0 Å². The SMILES string of the molecule is CCN(CC)CC(C)Nc1ccc(F)cc1C#N. The van der Waals surface area contributed by atoms with Crippen molar-refractivity contribution < 1.29 is 4.39 Å². The van der Waals surface area contributed by atoms with Gasteiger partial charge in [0, 0.05) is 12.6 Å². The Balaban J connectivity index is 2.70. The van der Waals surface area contributed by atoms with Crippen LogP contribution in [0.2, 0.25) is 0 Å². The number of nitriles is 1. The van der Waals surface area contributed by atoms with Crippen molar-refractivity contribution in [1.29, 1.82) is 5.26 Å². The highest BCUT2D eigenvalue weighted by Crippen LogP contribution is 2.17. The van der Waals surface area contributed by atoms with Gasteiger partial charge in [-0.2, -0.15) is 5.26 Å². The number of hydrogen-bond acceptors (Lipinski definition) is 3. The van der Waals surface area contributed by atoms with Gasteiger partial charge in [0.1, 0.15) is 11.9 Å². The second-order valence-electron chi connectivity index (χ2n) is 4.33. The average Bonchev–Trinajstić information content (AvgIpc) is 2.38. The fourth-order valence-electron chi connectivity index (χ4n) is 1.92. The molecule has 18 heavy (non-hydrogen) atoms. The Hall–Kier alpha value is -1.60. The van der Waals surface area contributed by atoms with Crippen molar-refractivity contribution in [2.24, 2.45) is 0 Å². The van der Waals surface area contributed by atoms with Crippen LogP contribution in [0.1, 0.15) is 26.3 Å². The van der Waals surface area contributed by atoms with E-state index in [1.54, 1.807) is 6.07 Å². The Bertz CT molecular complexity index is 422. The van der Waals surface area contributed by atoms with Crippen LogP contribution >= 0.6 is 0 Å². The van der Waals surface area contributed by atoms with Crippen molar-refractivity contribution in [2.45, 2.75) is 26.8 Å². The maximum atomic E-state index is 13.0. The Labute approximate surface area is 108 Å². The number of rotatable bonds is 6. The van der Waals surface area contributed by atoms with Crippen LogP contribution < -0.4 is 5.32 Å². The Morgan fingerprint density at radius 3 is 2.61 bits per heavy atom. The molecular formula is C14H20FN3. The van der Waals surface area contributed by atoms with Crippen LogP contribution in [-0.2, 0) is 0 Å². The summed E-state index contributed by atoms with van der Waals surface area (Å²) in [6.07, 6.45) is 0. The Kier molecular flexibility index (Phi) is 5.60. The number of nitrogens with zero attached hydrogens (tertiary/aromatic N) is 2. The molecule has 4 heteroatoms. The van der Waals surface area contributed by atoms with Gasteiger partial charge in [0.05, 0.1) is 11.3 Å². The number of anilines is 1. The molecule has 3 nitrogen and oxygen atoms in total. The maximum absolute atomic E-state index is 13.0. The van der Waals surface area contributed by atoms with E-state index < -0.39 is 0 Å². The van der Waals surface area contributed by atoms with Crippen LogP contribution in [-0.4, -0.2) is 30.6 Å². The monoisotopic (exact) mass is 249 g/mol. The molecule has 0 radical (unpaired) electrons. The Morgan fingerprint density at radius 1 is 1.39 bits per heavy atom. The minimum absolute atomic E-state index is 0.211. The number of benzene rings is 1. The molecule has 0 bridgehead atoms. The van der Waals surface area contributed by atoms with Crippen molar-refractivity contribution in [3.05, 3.63) is 29.6 Å². The molecule has 1 atom stereocenters. The van der Waals surface area contributed by atoms with Crippen molar-refractivity contribution in [3.8, 4) is 6.07 Å². The summed E-state index contributed by atoms with van der Waals surface area (Å²) in [5, 5.41) is 12.2. The minimum Gasteiger partial charge on any atom is -0.380 e. The highest BCUT2D eigenvalue weighted by atomic mass is 19.1. The van der Waals surface area contributed by atoms with E-state index in [4.69, 9.17) is 5.26 Å². The molecule has 0 heterocycles. The topological polar surface area (TPSA) is 39.1 Å². The van der Waals surface area contributed by atoms with E-state index in [1.807, 2.05) is 6.07 Å². The van der Waals surface area contributed by atoms with E-state index in [-0.39, 0.29) is 11.9 Å². The van der Waals surface area contributed by atoms with E-state index in [9.17, 15) is 4.39 Å². The number of likely N-dealkylation sites (N-methyl/N-ethyl adjacent to an activating group) is 1.